The van der Waals surface area contributed by atoms with E-state index in [1.54, 1.807) is 0 Å². The first-order valence-electron chi connectivity index (χ1n) is 6.18. The van der Waals surface area contributed by atoms with E-state index in [1.807, 2.05) is 0 Å². The molecule has 0 bridgehead atoms. The Kier molecular flexibility index (Phi) is 4.38. The van der Waals surface area contributed by atoms with Gasteiger partial charge < -0.3 is 10.4 Å². The lowest BCUT2D eigenvalue weighted by molar-refractivity contribution is 0.136. The van der Waals surface area contributed by atoms with Crippen LogP contribution >= 0.6 is 0 Å². The van der Waals surface area contributed by atoms with E-state index in [0.717, 1.165) is 26.2 Å². The maximum atomic E-state index is 9.21. The third-order valence-electron chi connectivity index (χ3n) is 3.62. The van der Waals surface area contributed by atoms with Gasteiger partial charge in [-0.2, -0.15) is 0 Å². The largest absolute Gasteiger partial charge is 0.395 e. The molecule has 2 aliphatic rings. The van der Waals surface area contributed by atoms with Crippen molar-refractivity contribution in [1.29, 1.82) is 0 Å². The minimum absolute atomic E-state index is 0.335. The van der Waals surface area contributed by atoms with Gasteiger partial charge in [0, 0.05) is 45.3 Å². The normalized spacial score (nSPS) is 29.8. The fourth-order valence-electron chi connectivity index (χ4n) is 2.60. The summed E-state index contributed by atoms with van der Waals surface area (Å²) in [6, 6.07) is 0.438. The van der Waals surface area contributed by atoms with E-state index in [9.17, 15) is 5.11 Å². The maximum Gasteiger partial charge on any atom is 0.0586 e. The van der Waals surface area contributed by atoms with Crippen LogP contribution < -0.4 is 5.32 Å². The van der Waals surface area contributed by atoms with Crippen LogP contribution in [0.15, 0.2) is 0 Å². The van der Waals surface area contributed by atoms with Crippen molar-refractivity contribution in [3.05, 3.63) is 0 Å². The van der Waals surface area contributed by atoms with E-state index in [0.29, 0.717) is 12.6 Å². The third-order valence-corrected chi connectivity index (χ3v) is 3.62. The molecule has 1 unspecified atom stereocenters. The minimum Gasteiger partial charge on any atom is -0.395 e. The van der Waals surface area contributed by atoms with E-state index < -0.39 is 0 Å². The van der Waals surface area contributed by atoms with Gasteiger partial charge in [0.1, 0.15) is 0 Å². The van der Waals surface area contributed by atoms with Crippen molar-refractivity contribution in [3.8, 4) is 0 Å². The van der Waals surface area contributed by atoms with Gasteiger partial charge in [-0.15, -0.1) is 0 Å². The number of nitrogens with zero attached hydrogens (tertiary/aromatic N) is 2. The SMILES string of the molecule is OCC1CCCN1CCN1CCNCC1. The topological polar surface area (TPSA) is 38.7 Å². The van der Waals surface area contributed by atoms with Crippen LogP contribution in [0, 0.1) is 0 Å². The fourth-order valence-corrected chi connectivity index (χ4v) is 2.60. The zero-order chi connectivity index (χ0) is 10.5. The van der Waals surface area contributed by atoms with Crippen molar-refractivity contribution in [3.63, 3.8) is 0 Å². The van der Waals surface area contributed by atoms with Crippen LogP contribution in [0.4, 0.5) is 0 Å². The van der Waals surface area contributed by atoms with E-state index in [1.165, 1.54) is 32.5 Å². The monoisotopic (exact) mass is 213 g/mol. The third kappa shape index (κ3) is 3.14. The molecule has 0 amide bonds. The summed E-state index contributed by atoms with van der Waals surface area (Å²) >= 11 is 0. The van der Waals surface area contributed by atoms with Crippen LogP contribution in [-0.4, -0.2) is 73.4 Å². The van der Waals surface area contributed by atoms with Crippen molar-refractivity contribution >= 4 is 0 Å². The lowest BCUT2D eigenvalue weighted by atomic mass is 10.2. The summed E-state index contributed by atoms with van der Waals surface area (Å²) in [5.74, 6) is 0. The van der Waals surface area contributed by atoms with Gasteiger partial charge in [-0.1, -0.05) is 0 Å². The summed E-state index contributed by atoms with van der Waals surface area (Å²) in [6.45, 7) is 8.42. The highest BCUT2D eigenvalue weighted by Gasteiger charge is 2.23. The van der Waals surface area contributed by atoms with Gasteiger partial charge in [-0.25, -0.2) is 0 Å². The highest BCUT2D eigenvalue weighted by molar-refractivity contribution is 4.79. The van der Waals surface area contributed by atoms with Crippen LogP contribution in [0.3, 0.4) is 0 Å². The zero-order valence-corrected chi connectivity index (χ0v) is 9.49. The predicted molar refractivity (Wildman–Crippen MR) is 61.0 cm³/mol. The second kappa shape index (κ2) is 5.80. The molecule has 1 atom stereocenters. The highest BCUT2D eigenvalue weighted by Crippen LogP contribution is 2.15. The fraction of sp³-hybridized carbons (Fsp3) is 1.00. The lowest BCUT2D eigenvalue weighted by Crippen LogP contribution is -2.47. The summed E-state index contributed by atoms with van der Waals surface area (Å²) in [7, 11) is 0. The molecule has 2 heterocycles. The zero-order valence-electron chi connectivity index (χ0n) is 9.49. The molecule has 0 aromatic rings. The van der Waals surface area contributed by atoms with E-state index in [4.69, 9.17) is 0 Å². The van der Waals surface area contributed by atoms with Crippen LogP contribution in [0.2, 0.25) is 0 Å². The van der Waals surface area contributed by atoms with Crippen molar-refractivity contribution in [2.24, 2.45) is 0 Å². The maximum absolute atomic E-state index is 9.21. The van der Waals surface area contributed by atoms with Gasteiger partial charge in [0.25, 0.3) is 0 Å². The van der Waals surface area contributed by atoms with Crippen molar-refractivity contribution in [2.75, 3.05) is 52.4 Å². The first-order chi connectivity index (χ1) is 7.40. The highest BCUT2D eigenvalue weighted by atomic mass is 16.3. The Bertz CT molecular complexity index is 183. The van der Waals surface area contributed by atoms with E-state index >= 15 is 0 Å². The molecule has 0 aromatic heterocycles. The lowest BCUT2D eigenvalue weighted by Gasteiger charge is -2.30. The molecular weight excluding hydrogens is 190 g/mol. The molecule has 2 saturated heterocycles. The average molecular weight is 213 g/mol. The van der Waals surface area contributed by atoms with Crippen LogP contribution in [0.25, 0.3) is 0 Å². The molecule has 2 N–H and O–H groups in total. The minimum atomic E-state index is 0.335. The average Bonchev–Trinajstić information content (AvgIpc) is 2.75. The molecule has 0 aliphatic carbocycles. The Balaban J connectivity index is 1.67. The molecular formula is C11H23N3O. The number of nitrogens with one attached hydrogen (secondary N) is 1. The summed E-state index contributed by atoms with van der Waals surface area (Å²) < 4.78 is 0. The Hall–Kier alpha value is -0.160. The number of aliphatic hydroxyl groups is 1. The number of hydrogen-bond donors (Lipinski definition) is 2. The van der Waals surface area contributed by atoms with Crippen LogP contribution in [-0.2, 0) is 0 Å². The first-order valence-corrected chi connectivity index (χ1v) is 6.18. The number of piperazine rings is 1. The Morgan fingerprint density at radius 1 is 1.13 bits per heavy atom. The van der Waals surface area contributed by atoms with E-state index in [2.05, 4.69) is 15.1 Å². The number of likely N-dealkylation sites (tertiary alicyclic amines) is 1. The van der Waals surface area contributed by atoms with Gasteiger partial charge >= 0.3 is 0 Å². The van der Waals surface area contributed by atoms with Crippen LogP contribution in [0.1, 0.15) is 12.8 Å². The number of aliphatic hydroxyl groups excluding tert-OH is 1. The Morgan fingerprint density at radius 3 is 2.67 bits per heavy atom. The molecule has 0 saturated carbocycles. The van der Waals surface area contributed by atoms with Crippen molar-refractivity contribution in [1.82, 2.24) is 15.1 Å². The summed E-state index contributed by atoms with van der Waals surface area (Å²) in [5, 5.41) is 12.6. The molecule has 15 heavy (non-hydrogen) atoms. The molecule has 4 nitrogen and oxygen atoms in total. The molecule has 2 rings (SSSR count). The number of hydrogen-bond acceptors (Lipinski definition) is 4. The molecule has 2 aliphatic heterocycles. The Morgan fingerprint density at radius 2 is 1.93 bits per heavy atom. The van der Waals surface area contributed by atoms with Gasteiger partial charge in [0.15, 0.2) is 0 Å². The predicted octanol–water partition coefficient (Wildman–Crippen LogP) is -0.652. The summed E-state index contributed by atoms with van der Waals surface area (Å²) in [6.07, 6.45) is 2.44. The molecule has 4 heteroatoms. The van der Waals surface area contributed by atoms with Crippen molar-refractivity contribution in [2.45, 2.75) is 18.9 Å². The molecule has 0 spiro atoms. The summed E-state index contributed by atoms with van der Waals surface area (Å²) in [4.78, 5) is 4.96. The molecule has 2 fully saturated rings. The van der Waals surface area contributed by atoms with E-state index in [-0.39, 0.29) is 0 Å². The molecule has 0 radical (unpaired) electrons. The second-order valence-corrected chi connectivity index (χ2v) is 4.61. The van der Waals surface area contributed by atoms with Crippen molar-refractivity contribution < 1.29 is 5.11 Å². The molecule has 88 valence electrons. The standard InChI is InChI=1S/C11H23N3O/c15-10-11-2-1-5-14(11)9-8-13-6-3-12-4-7-13/h11-12,15H,1-10H2. The molecule has 0 aromatic carbocycles. The quantitative estimate of drug-likeness (QED) is 0.651. The van der Waals surface area contributed by atoms with Crippen LogP contribution in [0.5, 0.6) is 0 Å². The smallest absolute Gasteiger partial charge is 0.0586 e. The summed E-state index contributed by atoms with van der Waals surface area (Å²) in [5.41, 5.74) is 0. The van der Waals surface area contributed by atoms with Gasteiger partial charge in [-0.3, -0.25) is 9.80 Å². The second-order valence-electron chi connectivity index (χ2n) is 4.61. The Labute approximate surface area is 92.2 Å². The van der Waals surface area contributed by atoms with Gasteiger partial charge in [-0.05, 0) is 19.4 Å². The first kappa shape index (κ1) is 11.3. The van der Waals surface area contributed by atoms with Gasteiger partial charge in [0.2, 0.25) is 0 Å². The number of rotatable bonds is 4. The van der Waals surface area contributed by atoms with Gasteiger partial charge in [0.05, 0.1) is 6.61 Å².